The van der Waals surface area contributed by atoms with Crippen LogP contribution in [0, 0.1) is 0 Å². The first-order chi connectivity index (χ1) is 5.81. The van der Waals surface area contributed by atoms with E-state index in [0.717, 1.165) is 15.9 Å². The summed E-state index contributed by atoms with van der Waals surface area (Å²) < 4.78 is 1.88. The lowest BCUT2D eigenvalue weighted by molar-refractivity contribution is 1.02. The average Bonchev–Trinajstić information content (AvgIpc) is 2.46. The van der Waals surface area contributed by atoms with E-state index in [1.807, 2.05) is 16.7 Å². The predicted molar refractivity (Wildman–Crippen MR) is 62.5 cm³/mol. The number of pyridine rings is 1. The van der Waals surface area contributed by atoms with E-state index in [0.29, 0.717) is 6.37 Å². The third-order valence-electron chi connectivity index (χ3n) is 1.47. The van der Waals surface area contributed by atoms with Crippen molar-refractivity contribution in [3.8, 4) is 0 Å². The zero-order chi connectivity index (χ0) is 8.55. The summed E-state index contributed by atoms with van der Waals surface area (Å²) in [6.07, 6.45) is 4.14. The molecule has 12 heavy (non-hydrogen) atoms. The van der Waals surface area contributed by atoms with E-state index in [2.05, 4.69) is 44.8 Å². The van der Waals surface area contributed by atoms with Gasteiger partial charge in [0, 0.05) is 16.5 Å². The van der Waals surface area contributed by atoms with Crippen molar-refractivity contribution in [1.82, 2.24) is 14.5 Å². The maximum atomic E-state index is 4.24. The third kappa shape index (κ3) is 1.45. The Labute approximate surface area is 89.7 Å². The van der Waals surface area contributed by atoms with Gasteiger partial charge in [0.05, 0.1) is 12.6 Å². The Hall–Kier alpha value is 0.130. The molecule has 0 aliphatic carbocycles. The monoisotopic (exact) mass is 309 g/mol. The summed E-state index contributed by atoms with van der Waals surface area (Å²) in [4.78, 5) is 5.11. The van der Waals surface area contributed by atoms with Crippen LogP contribution in [-0.4, -0.2) is 14.5 Å². The van der Waals surface area contributed by atoms with Crippen LogP contribution >= 0.6 is 41.0 Å². The van der Waals surface area contributed by atoms with Crippen LogP contribution in [0.4, 0.5) is 0 Å². The van der Waals surface area contributed by atoms with Crippen LogP contribution in [0.3, 0.4) is 0 Å². The molecular weight excluding hydrogens is 304 g/mol. The van der Waals surface area contributed by atoms with Gasteiger partial charge in [-0.3, -0.25) is 0 Å². The number of hydrogen-bond donors (Lipinski definition) is 1. The van der Waals surface area contributed by atoms with Crippen LogP contribution in [0.15, 0.2) is 23.4 Å². The number of nitrogens with zero attached hydrogens (tertiary/aromatic N) is 3. The zero-order valence-electron chi connectivity index (χ0n) is 5.90. The highest BCUT2D eigenvalue weighted by Gasteiger charge is 2.01. The molecule has 1 atom stereocenters. The highest BCUT2D eigenvalue weighted by atomic mass is 127. The molecule has 6 heteroatoms. The second-order valence-electron chi connectivity index (χ2n) is 2.25. The molecule has 0 bridgehead atoms. The largest absolute Gasteiger partial charge is 0.235 e. The maximum Gasteiger partial charge on any atom is 0.161 e. The first-order valence-corrected chi connectivity index (χ1v) is 7.71. The fraction of sp³-hybridized carbons (Fsp3) is 0. The summed E-state index contributed by atoms with van der Waals surface area (Å²) >= 11 is 6.48. The molecule has 0 saturated carbocycles. The molecule has 0 N–H and O–H groups in total. The summed E-state index contributed by atoms with van der Waals surface area (Å²) in [5, 5.41) is 5.23. The Morgan fingerprint density at radius 2 is 2.33 bits per heavy atom. The van der Waals surface area contributed by atoms with Gasteiger partial charge in [0.2, 0.25) is 0 Å². The molecule has 2 heterocycles. The molecule has 0 aromatic carbocycles. The van der Waals surface area contributed by atoms with Crippen molar-refractivity contribution in [3.63, 3.8) is 0 Å². The van der Waals surface area contributed by atoms with Crippen molar-refractivity contribution in [2.24, 2.45) is 0 Å². The number of rotatable bonds is 1. The van der Waals surface area contributed by atoms with Crippen LogP contribution in [0.2, 0.25) is 0 Å². The van der Waals surface area contributed by atoms with Crippen LogP contribution in [0.1, 0.15) is 0 Å². The molecule has 2 aromatic rings. The molecule has 2 aromatic heterocycles. The van der Waals surface area contributed by atoms with Gasteiger partial charge in [0.1, 0.15) is 0 Å². The molecule has 0 aliphatic heterocycles. The lowest BCUT2D eigenvalue weighted by Crippen LogP contribution is -1.84. The van der Waals surface area contributed by atoms with E-state index in [9.17, 15) is 0 Å². The third-order valence-corrected chi connectivity index (χ3v) is 3.58. The molecule has 0 radical (unpaired) electrons. The van der Waals surface area contributed by atoms with Gasteiger partial charge in [-0.25, -0.2) is 9.44 Å². The van der Waals surface area contributed by atoms with E-state index in [4.69, 9.17) is 0 Å². The van der Waals surface area contributed by atoms with Gasteiger partial charge < -0.3 is 0 Å². The van der Waals surface area contributed by atoms with Crippen molar-refractivity contribution in [2.75, 3.05) is 0 Å². The van der Waals surface area contributed by atoms with E-state index < -0.39 is 0 Å². The quantitative estimate of drug-likeness (QED) is 0.498. The molecule has 0 aliphatic rings. The van der Waals surface area contributed by atoms with Crippen molar-refractivity contribution in [2.45, 2.75) is 4.90 Å². The highest BCUT2D eigenvalue weighted by molar-refractivity contribution is 14.2. The molecule has 0 amide bonds. The SMILES string of the molecule is Sc1cnc2c(cnn2PI)c1. The van der Waals surface area contributed by atoms with Gasteiger partial charge in [-0.05, 0) is 28.1 Å². The lowest BCUT2D eigenvalue weighted by Gasteiger charge is -1.95. The van der Waals surface area contributed by atoms with Gasteiger partial charge in [-0.1, -0.05) is 0 Å². The average molecular weight is 309 g/mol. The number of thiol groups is 1. The van der Waals surface area contributed by atoms with Crippen molar-refractivity contribution >= 4 is 52.1 Å². The minimum absolute atomic E-state index is 0.593. The smallest absolute Gasteiger partial charge is 0.161 e. The van der Waals surface area contributed by atoms with Crippen molar-refractivity contribution in [1.29, 1.82) is 0 Å². The minimum atomic E-state index is 0.593. The Bertz CT molecular complexity index is 416. The van der Waals surface area contributed by atoms with E-state index in [-0.39, 0.29) is 0 Å². The van der Waals surface area contributed by atoms with Gasteiger partial charge in [0.25, 0.3) is 0 Å². The summed E-state index contributed by atoms with van der Waals surface area (Å²) in [6, 6.07) is 1.96. The van der Waals surface area contributed by atoms with Crippen molar-refractivity contribution in [3.05, 3.63) is 18.5 Å². The normalized spacial score (nSPS) is 11.8. The van der Waals surface area contributed by atoms with Gasteiger partial charge >= 0.3 is 0 Å². The van der Waals surface area contributed by atoms with Crippen LogP contribution in [0.25, 0.3) is 11.0 Å². The summed E-state index contributed by atoms with van der Waals surface area (Å²) in [7, 11) is 0. The van der Waals surface area contributed by atoms with Crippen LogP contribution < -0.4 is 0 Å². The second-order valence-corrected chi connectivity index (χ2v) is 4.80. The zero-order valence-corrected chi connectivity index (χ0v) is 9.95. The van der Waals surface area contributed by atoms with E-state index in [1.54, 1.807) is 6.20 Å². The maximum absolute atomic E-state index is 4.24. The Morgan fingerprint density at radius 3 is 3.08 bits per heavy atom. The number of aromatic nitrogens is 3. The topological polar surface area (TPSA) is 30.7 Å². The molecule has 2 rings (SSSR count). The first kappa shape index (κ1) is 8.72. The number of fused-ring (bicyclic) bond motifs is 1. The molecule has 0 spiro atoms. The predicted octanol–water partition coefficient (Wildman–Crippen LogP) is 2.51. The standard InChI is InChI=1S/C6H5IN3PS/c7-11-10-6-4(2-9-10)1-5(12)3-8-6/h1-3,11-12H. The Morgan fingerprint density at radius 1 is 1.50 bits per heavy atom. The first-order valence-electron chi connectivity index (χ1n) is 3.20. The summed E-state index contributed by atoms with van der Waals surface area (Å²) in [6.45, 7) is 0. The highest BCUT2D eigenvalue weighted by Crippen LogP contribution is 2.27. The van der Waals surface area contributed by atoms with E-state index in [1.165, 1.54) is 0 Å². The molecule has 3 nitrogen and oxygen atoms in total. The minimum Gasteiger partial charge on any atom is -0.235 e. The van der Waals surface area contributed by atoms with Crippen molar-refractivity contribution < 1.29 is 0 Å². The lowest BCUT2D eigenvalue weighted by atomic mass is 10.4. The van der Waals surface area contributed by atoms with Gasteiger partial charge in [-0.15, -0.1) is 12.6 Å². The molecule has 62 valence electrons. The van der Waals surface area contributed by atoms with Crippen LogP contribution in [-0.2, 0) is 0 Å². The number of halogens is 1. The van der Waals surface area contributed by atoms with Crippen LogP contribution in [0.5, 0.6) is 0 Å². The van der Waals surface area contributed by atoms with Gasteiger partial charge in [0.15, 0.2) is 5.65 Å². The fourth-order valence-corrected chi connectivity index (χ4v) is 2.60. The van der Waals surface area contributed by atoms with E-state index >= 15 is 0 Å². The Kier molecular flexibility index (Phi) is 2.52. The molecule has 0 fully saturated rings. The summed E-state index contributed by atoms with van der Waals surface area (Å²) in [5.41, 5.74) is 0.931. The molecular formula is C6H5IN3PS. The second kappa shape index (κ2) is 3.47. The summed E-state index contributed by atoms with van der Waals surface area (Å²) in [5.74, 6) is 0. The fourth-order valence-electron chi connectivity index (χ4n) is 0.971. The molecule has 0 saturated heterocycles. The Balaban J connectivity index is 2.73. The van der Waals surface area contributed by atoms with Gasteiger partial charge in [-0.2, -0.15) is 5.10 Å². The molecule has 1 unspecified atom stereocenters. The number of hydrogen-bond acceptors (Lipinski definition) is 3.